The highest BCUT2D eigenvalue weighted by atomic mass is 14.9. The summed E-state index contributed by atoms with van der Waals surface area (Å²) in [5.74, 6) is 1.03. The van der Waals surface area contributed by atoms with Gasteiger partial charge in [0.15, 0.2) is 0 Å². The van der Waals surface area contributed by atoms with Gasteiger partial charge >= 0.3 is 0 Å². The zero-order chi connectivity index (χ0) is 7.23. The van der Waals surface area contributed by atoms with Crippen LogP contribution in [0.3, 0.4) is 0 Å². The van der Waals surface area contributed by atoms with Crippen molar-refractivity contribution in [2.75, 3.05) is 0 Å². The number of hydrogen-bond acceptors (Lipinski definition) is 1. The summed E-state index contributed by atoms with van der Waals surface area (Å²) < 4.78 is 0. The molecule has 0 unspecified atom stereocenters. The molecule has 1 aromatic rings. The second-order valence-electron chi connectivity index (χ2n) is 2.12. The molecule has 1 heterocycles. The van der Waals surface area contributed by atoms with Gasteiger partial charge in [-0.05, 0) is 6.42 Å². The topological polar surface area (TPSA) is 28.7 Å². The number of nitrogens with zero attached hydrogens (tertiary/aromatic N) is 1. The standard InChI is InChI=1S/C8H12N2/c1-2-3-4-5-8-9-6-7-10-8/h3-4,6-7H,2,5H2,1H3,(H,9,10)/b4-3+. The van der Waals surface area contributed by atoms with Crippen molar-refractivity contribution in [2.24, 2.45) is 0 Å². The largest absolute Gasteiger partial charge is 0.348 e. The lowest BCUT2D eigenvalue weighted by Crippen LogP contribution is -1.81. The molecule has 2 heteroatoms. The van der Waals surface area contributed by atoms with Crippen LogP contribution in [0.5, 0.6) is 0 Å². The van der Waals surface area contributed by atoms with E-state index >= 15 is 0 Å². The minimum Gasteiger partial charge on any atom is -0.348 e. The highest BCUT2D eigenvalue weighted by Gasteiger charge is 1.86. The van der Waals surface area contributed by atoms with Crippen LogP contribution < -0.4 is 0 Å². The van der Waals surface area contributed by atoms with Gasteiger partial charge in [0, 0.05) is 18.8 Å². The molecule has 0 spiro atoms. The first-order valence-electron chi connectivity index (χ1n) is 3.56. The molecule has 1 aromatic heterocycles. The van der Waals surface area contributed by atoms with Crippen LogP contribution in [-0.2, 0) is 6.42 Å². The van der Waals surface area contributed by atoms with Gasteiger partial charge in [-0.15, -0.1) is 0 Å². The lowest BCUT2D eigenvalue weighted by molar-refractivity contribution is 1.05. The maximum absolute atomic E-state index is 4.08. The quantitative estimate of drug-likeness (QED) is 0.632. The third-order valence-electron chi connectivity index (χ3n) is 1.27. The summed E-state index contributed by atoms with van der Waals surface area (Å²) in [6, 6.07) is 0. The first-order valence-corrected chi connectivity index (χ1v) is 3.56. The summed E-state index contributed by atoms with van der Waals surface area (Å²) >= 11 is 0. The van der Waals surface area contributed by atoms with Crippen LogP contribution in [0.1, 0.15) is 19.2 Å². The highest BCUT2D eigenvalue weighted by Crippen LogP contribution is 1.91. The summed E-state index contributed by atoms with van der Waals surface area (Å²) in [7, 11) is 0. The molecule has 0 atom stereocenters. The molecule has 0 aliphatic carbocycles. The Morgan fingerprint density at radius 1 is 1.60 bits per heavy atom. The fourth-order valence-electron chi connectivity index (χ4n) is 0.771. The van der Waals surface area contributed by atoms with Gasteiger partial charge in [-0.3, -0.25) is 0 Å². The molecule has 0 saturated carbocycles. The van der Waals surface area contributed by atoms with Gasteiger partial charge in [0.2, 0.25) is 0 Å². The Morgan fingerprint density at radius 3 is 3.10 bits per heavy atom. The molecule has 0 fully saturated rings. The van der Waals surface area contributed by atoms with E-state index in [1.54, 1.807) is 6.20 Å². The van der Waals surface area contributed by atoms with Crippen LogP contribution in [0, 0.1) is 0 Å². The van der Waals surface area contributed by atoms with Gasteiger partial charge in [0.05, 0.1) is 0 Å². The summed E-state index contributed by atoms with van der Waals surface area (Å²) in [6.45, 7) is 2.12. The number of hydrogen-bond donors (Lipinski definition) is 1. The van der Waals surface area contributed by atoms with E-state index in [2.05, 4.69) is 29.0 Å². The lowest BCUT2D eigenvalue weighted by atomic mass is 10.3. The average Bonchev–Trinajstić information content (AvgIpc) is 2.41. The van der Waals surface area contributed by atoms with Crippen LogP contribution >= 0.6 is 0 Å². The van der Waals surface area contributed by atoms with Gasteiger partial charge in [-0.25, -0.2) is 4.98 Å². The molecule has 0 amide bonds. The molecule has 54 valence electrons. The molecule has 10 heavy (non-hydrogen) atoms. The molecular formula is C8H12N2. The van der Waals surface area contributed by atoms with Gasteiger partial charge < -0.3 is 4.98 Å². The fraction of sp³-hybridized carbons (Fsp3) is 0.375. The van der Waals surface area contributed by atoms with E-state index < -0.39 is 0 Å². The lowest BCUT2D eigenvalue weighted by Gasteiger charge is -1.85. The third-order valence-corrected chi connectivity index (χ3v) is 1.27. The minimum absolute atomic E-state index is 0.918. The van der Waals surface area contributed by atoms with E-state index in [1.807, 2.05) is 6.20 Å². The first kappa shape index (κ1) is 7.06. The number of nitrogens with one attached hydrogen (secondary N) is 1. The Kier molecular flexibility index (Phi) is 2.74. The van der Waals surface area contributed by atoms with E-state index in [-0.39, 0.29) is 0 Å². The van der Waals surface area contributed by atoms with Crippen molar-refractivity contribution in [3.8, 4) is 0 Å². The molecule has 0 aliphatic heterocycles. The maximum atomic E-state index is 4.08. The van der Waals surface area contributed by atoms with Gasteiger partial charge in [-0.1, -0.05) is 19.1 Å². The summed E-state index contributed by atoms with van der Waals surface area (Å²) in [4.78, 5) is 7.11. The van der Waals surface area contributed by atoms with Crippen LogP contribution in [-0.4, -0.2) is 9.97 Å². The van der Waals surface area contributed by atoms with Gasteiger partial charge in [0.1, 0.15) is 5.82 Å². The average molecular weight is 136 g/mol. The SMILES string of the molecule is CC/C=C/Cc1ncc[nH]1. The number of rotatable bonds is 3. The number of H-pyrrole nitrogens is 1. The summed E-state index contributed by atoms with van der Waals surface area (Å²) in [6.07, 6.45) is 9.90. The smallest absolute Gasteiger partial charge is 0.109 e. The second-order valence-corrected chi connectivity index (χ2v) is 2.12. The van der Waals surface area contributed by atoms with Crippen molar-refractivity contribution >= 4 is 0 Å². The molecule has 0 radical (unpaired) electrons. The normalized spacial score (nSPS) is 10.9. The summed E-state index contributed by atoms with van der Waals surface area (Å²) in [5.41, 5.74) is 0. The molecule has 0 saturated heterocycles. The summed E-state index contributed by atoms with van der Waals surface area (Å²) in [5, 5.41) is 0. The Bertz CT molecular complexity index is 187. The van der Waals surface area contributed by atoms with E-state index in [0.29, 0.717) is 0 Å². The van der Waals surface area contributed by atoms with Crippen molar-refractivity contribution < 1.29 is 0 Å². The van der Waals surface area contributed by atoms with E-state index in [4.69, 9.17) is 0 Å². The predicted octanol–water partition coefficient (Wildman–Crippen LogP) is 1.92. The first-order chi connectivity index (χ1) is 4.93. The second kappa shape index (κ2) is 3.88. The fourth-order valence-corrected chi connectivity index (χ4v) is 0.771. The van der Waals surface area contributed by atoms with E-state index in [9.17, 15) is 0 Å². The van der Waals surface area contributed by atoms with E-state index in [0.717, 1.165) is 18.7 Å². The van der Waals surface area contributed by atoms with Crippen LogP contribution in [0.25, 0.3) is 0 Å². The van der Waals surface area contributed by atoms with Crippen molar-refractivity contribution in [1.82, 2.24) is 9.97 Å². The van der Waals surface area contributed by atoms with Crippen molar-refractivity contribution in [2.45, 2.75) is 19.8 Å². The number of aromatic amines is 1. The molecule has 1 rings (SSSR count). The number of imidazole rings is 1. The number of allylic oxidation sites excluding steroid dienone is 2. The Morgan fingerprint density at radius 2 is 2.50 bits per heavy atom. The molecule has 0 aromatic carbocycles. The zero-order valence-electron chi connectivity index (χ0n) is 6.17. The van der Waals surface area contributed by atoms with E-state index in [1.165, 1.54) is 0 Å². The molecule has 0 aliphatic rings. The van der Waals surface area contributed by atoms with Crippen LogP contribution in [0.15, 0.2) is 24.5 Å². The van der Waals surface area contributed by atoms with Crippen molar-refractivity contribution in [3.05, 3.63) is 30.4 Å². The Hall–Kier alpha value is -1.05. The minimum atomic E-state index is 0.918. The molecular weight excluding hydrogens is 124 g/mol. The van der Waals surface area contributed by atoms with Crippen LogP contribution in [0.4, 0.5) is 0 Å². The number of aromatic nitrogens is 2. The highest BCUT2D eigenvalue weighted by molar-refractivity contribution is 4.95. The Balaban J connectivity index is 2.34. The third kappa shape index (κ3) is 2.05. The van der Waals surface area contributed by atoms with Crippen LogP contribution in [0.2, 0.25) is 0 Å². The molecule has 2 nitrogen and oxygen atoms in total. The van der Waals surface area contributed by atoms with Crippen molar-refractivity contribution in [1.29, 1.82) is 0 Å². The predicted molar refractivity (Wildman–Crippen MR) is 41.7 cm³/mol. The molecule has 0 bridgehead atoms. The monoisotopic (exact) mass is 136 g/mol. The van der Waals surface area contributed by atoms with Gasteiger partial charge in [0.25, 0.3) is 0 Å². The van der Waals surface area contributed by atoms with Crippen molar-refractivity contribution in [3.63, 3.8) is 0 Å². The Labute approximate surface area is 61.0 Å². The molecule has 1 N–H and O–H groups in total. The van der Waals surface area contributed by atoms with Gasteiger partial charge in [-0.2, -0.15) is 0 Å². The zero-order valence-corrected chi connectivity index (χ0v) is 6.17. The maximum Gasteiger partial charge on any atom is 0.109 e.